The Balaban J connectivity index is 0.000000405. The molecule has 11 heteroatoms. The predicted molar refractivity (Wildman–Crippen MR) is 127 cm³/mol. The number of carboxylic acids is 1. The lowest BCUT2D eigenvalue weighted by molar-refractivity contribution is -0.192. The molecule has 8 nitrogen and oxygen atoms in total. The zero-order chi connectivity index (χ0) is 26.8. The van der Waals surface area contributed by atoms with Gasteiger partial charge in [-0.05, 0) is 43.2 Å². The van der Waals surface area contributed by atoms with E-state index in [1.165, 1.54) is 12.8 Å². The van der Waals surface area contributed by atoms with Crippen LogP contribution in [0.15, 0.2) is 42.6 Å². The van der Waals surface area contributed by atoms with Crippen LogP contribution < -0.4 is 0 Å². The van der Waals surface area contributed by atoms with Crippen molar-refractivity contribution in [1.82, 2.24) is 19.6 Å². The highest BCUT2D eigenvalue weighted by Gasteiger charge is 2.57. The van der Waals surface area contributed by atoms with E-state index in [2.05, 4.69) is 17.2 Å². The van der Waals surface area contributed by atoms with Gasteiger partial charge in [-0.2, -0.15) is 18.3 Å². The largest absolute Gasteiger partial charge is 0.490 e. The highest BCUT2D eigenvalue weighted by molar-refractivity contribution is 5.87. The summed E-state index contributed by atoms with van der Waals surface area (Å²) in [5.74, 6) is -1.78. The second-order valence-electron chi connectivity index (χ2n) is 10.1. The minimum absolute atomic E-state index is 0.000716. The van der Waals surface area contributed by atoms with Crippen LogP contribution in [0.4, 0.5) is 13.2 Å². The van der Waals surface area contributed by atoms with Gasteiger partial charge in [-0.3, -0.25) is 14.3 Å². The second kappa shape index (κ2) is 10.5. The quantitative estimate of drug-likeness (QED) is 0.650. The molecule has 2 amide bonds. The molecule has 1 aromatic heterocycles. The van der Waals surface area contributed by atoms with Gasteiger partial charge in [0.25, 0.3) is 0 Å². The van der Waals surface area contributed by atoms with Crippen molar-refractivity contribution in [3.63, 3.8) is 0 Å². The van der Waals surface area contributed by atoms with Gasteiger partial charge >= 0.3 is 12.1 Å². The molecule has 1 spiro atoms. The molecule has 5 rings (SSSR count). The number of carbonyl (C=O) groups excluding carboxylic acids is 2. The molecule has 2 saturated heterocycles. The number of piperidine rings is 1. The maximum Gasteiger partial charge on any atom is 0.490 e. The number of aliphatic carboxylic acids is 1. The fourth-order valence-corrected chi connectivity index (χ4v) is 5.43. The van der Waals surface area contributed by atoms with E-state index in [9.17, 15) is 22.8 Å². The van der Waals surface area contributed by atoms with Crippen molar-refractivity contribution in [3.8, 4) is 0 Å². The lowest BCUT2D eigenvalue weighted by Crippen LogP contribution is -2.52. The third-order valence-corrected chi connectivity index (χ3v) is 7.49. The Morgan fingerprint density at radius 2 is 1.84 bits per heavy atom. The number of alkyl halides is 3. The third kappa shape index (κ3) is 5.97. The summed E-state index contributed by atoms with van der Waals surface area (Å²) in [6, 6.07) is 12.2. The van der Waals surface area contributed by atoms with E-state index in [-0.39, 0.29) is 17.7 Å². The molecule has 0 radical (unpaired) electrons. The van der Waals surface area contributed by atoms with E-state index in [1.807, 2.05) is 45.8 Å². The third-order valence-electron chi connectivity index (χ3n) is 7.49. The van der Waals surface area contributed by atoms with Crippen LogP contribution in [0.3, 0.4) is 0 Å². The Kier molecular flexibility index (Phi) is 7.61. The Morgan fingerprint density at radius 3 is 2.41 bits per heavy atom. The first-order valence-electron chi connectivity index (χ1n) is 12.4. The van der Waals surface area contributed by atoms with Crippen LogP contribution in [0.2, 0.25) is 0 Å². The highest BCUT2D eigenvalue weighted by Crippen LogP contribution is 2.50. The molecule has 200 valence electrons. The van der Waals surface area contributed by atoms with Crippen molar-refractivity contribution in [3.05, 3.63) is 53.9 Å². The van der Waals surface area contributed by atoms with Crippen molar-refractivity contribution in [2.45, 2.75) is 50.7 Å². The van der Waals surface area contributed by atoms with Gasteiger partial charge in [0.05, 0.1) is 5.41 Å². The number of amides is 2. The highest BCUT2D eigenvalue weighted by atomic mass is 19.4. The van der Waals surface area contributed by atoms with E-state index in [0.717, 1.165) is 30.6 Å². The lowest BCUT2D eigenvalue weighted by Gasteiger charge is -2.42. The predicted octanol–water partition coefficient (Wildman–Crippen LogP) is 3.59. The minimum atomic E-state index is -5.08. The number of aromatic nitrogens is 2. The van der Waals surface area contributed by atoms with Crippen LogP contribution in [0.1, 0.15) is 49.3 Å². The Morgan fingerprint density at radius 1 is 1.16 bits per heavy atom. The monoisotopic (exact) mass is 520 g/mol. The van der Waals surface area contributed by atoms with Gasteiger partial charge in [0.2, 0.25) is 11.8 Å². The second-order valence-corrected chi connectivity index (χ2v) is 10.1. The zero-order valence-electron chi connectivity index (χ0n) is 20.7. The summed E-state index contributed by atoms with van der Waals surface area (Å²) in [4.78, 5) is 39.8. The minimum Gasteiger partial charge on any atom is -0.475 e. The lowest BCUT2D eigenvalue weighted by atomic mass is 9.70. The number of benzene rings is 1. The van der Waals surface area contributed by atoms with Crippen LogP contribution in [0.25, 0.3) is 0 Å². The average molecular weight is 521 g/mol. The number of aryl methyl sites for hydroxylation is 1. The first kappa shape index (κ1) is 26.7. The van der Waals surface area contributed by atoms with Crippen LogP contribution in [0, 0.1) is 11.3 Å². The van der Waals surface area contributed by atoms with Crippen molar-refractivity contribution >= 4 is 17.8 Å². The smallest absolute Gasteiger partial charge is 0.475 e. The number of likely N-dealkylation sites (tertiary alicyclic amines) is 2. The number of hydrogen-bond donors (Lipinski definition) is 1. The van der Waals surface area contributed by atoms with Crippen LogP contribution >= 0.6 is 0 Å². The number of halogens is 3. The van der Waals surface area contributed by atoms with Crippen molar-refractivity contribution < 1.29 is 32.7 Å². The van der Waals surface area contributed by atoms with Crippen molar-refractivity contribution in [1.29, 1.82) is 0 Å². The first-order valence-corrected chi connectivity index (χ1v) is 12.4. The number of carboxylic acid groups (broad SMARTS) is 1. The summed E-state index contributed by atoms with van der Waals surface area (Å²) in [6.45, 7) is 2.58. The summed E-state index contributed by atoms with van der Waals surface area (Å²) in [7, 11) is 1.94. The Labute approximate surface area is 213 Å². The van der Waals surface area contributed by atoms with E-state index in [1.54, 1.807) is 6.20 Å². The standard InChI is InChI=1S/C24H30N4O2.C2HF3O2/c1-26-21(10-12-25-26)20-16-28(22(29)14-18-8-9-18)17-24(20)11-5-13-27(23(24)30)15-19-6-3-2-4-7-19;3-2(4,5)1(6)7/h2-4,6-7,10,12,18,20H,5,8-9,11,13-17H2,1H3;(H,6,7)/t20-,24+;/m0./s1. The van der Waals surface area contributed by atoms with E-state index < -0.39 is 17.6 Å². The summed E-state index contributed by atoms with van der Waals surface area (Å²) in [5.41, 5.74) is 1.67. The SMILES string of the molecule is Cn1nccc1[C@@H]1CN(C(=O)CC2CC2)C[C@]12CCCN(Cc1ccccc1)C2=O.O=C(O)C(F)(F)F. The molecule has 0 unspecified atom stereocenters. The zero-order valence-corrected chi connectivity index (χ0v) is 20.7. The summed E-state index contributed by atoms with van der Waals surface area (Å²) >= 11 is 0. The van der Waals surface area contributed by atoms with E-state index in [4.69, 9.17) is 9.90 Å². The maximum atomic E-state index is 13.9. The normalized spacial score (nSPS) is 23.7. The molecule has 3 fully saturated rings. The molecule has 1 N–H and O–H groups in total. The topological polar surface area (TPSA) is 95.7 Å². The molecule has 1 aliphatic carbocycles. The fraction of sp³-hybridized carbons (Fsp3) is 0.538. The number of rotatable bonds is 5. The molecule has 0 bridgehead atoms. The molecule has 3 heterocycles. The Bertz CT molecular complexity index is 1130. The van der Waals surface area contributed by atoms with Crippen molar-refractivity contribution in [2.24, 2.45) is 18.4 Å². The van der Waals surface area contributed by atoms with Crippen molar-refractivity contribution in [2.75, 3.05) is 19.6 Å². The van der Waals surface area contributed by atoms with Crippen LogP contribution in [0.5, 0.6) is 0 Å². The molecule has 2 aromatic rings. The van der Waals surface area contributed by atoms with Crippen LogP contribution in [-0.2, 0) is 28.0 Å². The summed E-state index contributed by atoms with van der Waals surface area (Å²) in [5, 5.41) is 11.5. The fourth-order valence-electron chi connectivity index (χ4n) is 5.43. The Hall–Kier alpha value is -3.37. The van der Waals surface area contributed by atoms with Gasteiger partial charge in [-0.1, -0.05) is 30.3 Å². The number of nitrogens with zero attached hydrogens (tertiary/aromatic N) is 4. The summed E-state index contributed by atoms with van der Waals surface area (Å²) in [6.07, 6.45) is 1.49. The maximum absolute atomic E-state index is 13.9. The molecular weight excluding hydrogens is 489 g/mol. The molecule has 1 saturated carbocycles. The van der Waals surface area contributed by atoms with E-state index >= 15 is 0 Å². The number of hydrogen-bond acceptors (Lipinski definition) is 4. The molecule has 2 aliphatic heterocycles. The molecule has 3 aliphatic rings. The van der Waals surface area contributed by atoms with Crippen LogP contribution in [-0.4, -0.2) is 68.3 Å². The van der Waals surface area contributed by atoms with E-state index in [0.29, 0.717) is 32.0 Å². The average Bonchev–Trinajstić information content (AvgIpc) is 3.43. The van der Waals surface area contributed by atoms with Gasteiger partial charge in [0.1, 0.15) is 0 Å². The van der Waals surface area contributed by atoms with Gasteiger partial charge in [-0.15, -0.1) is 0 Å². The van der Waals surface area contributed by atoms with Gasteiger partial charge in [0.15, 0.2) is 0 Å². The molecule has 2 atom stereocenters. The summed E-state index contributed by atoms with van der Waals surface area (Å²) < 4.78 is 33.6. The number of carbonyl (C=O) groups is 3. The van der Waals surface area contributed by atoms with Gasteiger partial charge in [0, 0.05) is 57.5 Å². The van der Waals surface area contributed by atoms with Gasteiger partial charge in [-0.25, -0.2) is 4.79 Å². The molecule has 1 aromatic carbocycles. The molecule has 37 heavy (non-hydrogen) atoms. The van der Waals surface area contributed by atoms with Gasteiger partial charge < -0.3 is 14.9 Å². The molecular formula is C26H31F3N4O4. The first-order chi connectivity index (χ1) is 17.5.